The number of aromatic nitrogens is 3. The van der Waals surface area contributed by atoms with Crippen LogP contribution in [0.1, 0.15) is 31.3 Å². The van der Waals surface area contributed by atoms with Crippen LogP contribution in [0.4, 0.5) is 4.39 Å². The van der Waals surface area contributed by atoms with Gasteiger partial charge in [0, 0.05) is 12.3 Å². The molecular weight excluding hydrogens is 307 g/mol. The first-order chi connectivity index (χ1) is 11.5. The first-order valence-electron chi connectivity index (χ1n) is 7.59. The van der Waals surface area contributed by atoms with Crippen LogP contribution in [0, 0.1) is 5.82 Å². The average Bonchev–Trinajstić information content (AvgIpc) is 2.99. The number of nitrogens with one attached hydrogen (secondary N) is 1. The third-order valence-corrected chi connectivity index (χ3v) is 3.73. The van der Waals surface area contributed by atoms with E-state index in [1.807, 2.05) is 42.6 Å². The summed E-state index contributed by atoms with van der Waals surface area (Å²) in [6.07, 6.45) is 3.35. The Bertz CT molecular complexity index is 899. The van der Waals surface area contributed by atoms with Crippen molar-refractivity contribution in [3.05, 3.63) is 71.9 Å². The van der Waals surface area contributed by atoms with Crippen molar-refractivity contribution in [2.24, 2.45) is 0 Å². The van der Waals surface area contributed by atoms with Crippen LogP contribution < -0.4 is 5.32 Å². The largest absolute Gasteiger partial charge is 0.343 e. The maximum atomic E-state index is 13.0. The van der Waals surface area contributed by atoms with Gasteiger partial charge in [-0.3, -0.25) is 9.20 Å². The van der Waals surface area contributed by atoms with Crippen molar-refractivity contribution in [1.29, 1.82) is 0 Å². The standard InChI is InChI=1S/C18H17FN4O/c1-12(14-6-8-15(19)9-7-14)11-17(24)20-13(2)18-22-21-16-5-3-4-10-23(16)18/h3-11,13H,1-2H3,(H,20,24)/b12-11+. The summed E-state index contributed by atoms with van der Waals surface area (Å²) in [4.78, 5) is 12.2. The highest BCUT2D eigenvalue weighted by Crippen LogP contribution is 2.15. The third kappa shape index (κ3) is 3.32. The van der Waals surface area contributed by atoms with E-state index in [9.17, 15) is 9.18 Å². The number of allylic oxidation sites excluding steroid dienone is 1. The Kier molecular flexibility index (Phi) is 4.37. The second kappa shape index (κ2) is 6.62. The minimum atomic E-state index is -0.302. The highest BCUT2D eigenvalue weighted by molar-refractivity contribution is 5.95. The lowest BCUT2D eigenvalue weighted by Gasteiger charge is -2.11. The number of rotatable bonds is 4. The lowest BCUT2D eigenvalue weighted by Crippen LogP contribution is -2.26. The molecule has 122 valence electrons. The summed E-state index contributed by atoms with van der Waals surface area (Å²) in [6.45, 7) is 3.66. The van der Waals surface area contributed by atoms with Crippen LogP contribution in [0.5, 0.6) is 0 Å². The molecule has 0 radical (unpaired) electrons. The molecule has 0 fully saturated rings. The first kappa shape index (κ1) is 15.9. The van der Waals surface area contributed by atoms with E-state index in [0.717, 1.165) is 16.8 Å². The van der Waals surface area contributed by atoms with Gasteiger partial charge in [0.05, 0.1) is 6.04 Å². The molecule has 2 aromatic heterocycles. The van der Waals surface area contributed by atoms with Crippen LogP contribution >= 0.6 is 0 Å². The normalized spacial score (nSPS) is 13.0. The summed E-state index contributed by atoms with van der Waals surface area (Å²) in [5.41, 5.74) is 2.28. The molecule has 0 saturated heterocycles. The zero-order valence-corrected chi connectivity index (χ0v) is 13.4. The van der Waals surface area contributed by atoms with Crippen molar-refractivity contribution in [3.63, 3.8) is 0 Å². The highest BCUT2D eigenvalue weighted by Gasteiger charge is 2.14. The number of hydrogen-bond acceptors (Lipinski definition) is 3. The predicted octanol–water partition coefficient (Wildman–Crippen LogP) is 3.15. The van der Waals surface area contributed by atoms with E-state index in [2.05, 4.69) is 15.5 Å². The molecule has 24 heavy (non-hydrogen) atoms. The monoisotopic (exact) mass is 324 g/mol. The Morgan fingerprint density at radius 1 is 1.21 bits per heavy atom. The van der Waals surface area contributed by atoms with E-state index >= 15 is 0 Å². The molecular formula is C18H17FN4O. The van der Waals surface area contributed by atoms with Crippen LogP contribution in [-0.4, -0.2) is 20.5 Å². The van der Waals surface area contributed by atoms with Crippen molar-refractivity contribution in [2.75, 3.05) is 0 Å². The van der Waals surface area contributed by atoms with Gasteiger partial charge in [0.1, 0.15) is 5.82 Å². The number of benzene rings is 1. The number of halogens is 1. The van der Waals surface area contributed by atoms with Gasteiger partial charge in [0.2, 0.25) is 5.91 Å². The highest BCUT2D eigenvalue weighted by atomic mass is 19.1. The second-order valence-corrected chi connectivity index (χ2v) is 5.55. The van der Waals surface area contributed by atoms with Gasteiger partial charge in [-0.15, -0.1) is 10.2 Å². The van der Waals surface area contributed by atoms with Crippen molar-refractivity contribution >= 4 is 17.1 Å². The van der Waals surface area contributed by atoms with E-state index in [1.165, 1.54) is 18.2 Å². The fourth-order valence-corrected chi connectivity index (χ4v) is 2.47. The summed E-state index contributed by atoms with van der Waals surface area (Å²) >= 11 is 0. The van der Waals surface area contributed by atoms with Gasteiger partial charge in [-0.05, 0) is 49.2 Å². The lowest BCUT2D eigenvalue weighted by molar-refractivity contribution is -0.117. The SMILES string of the molecule is C/C(=C\C(=O)NC(C)c1nnc2ccccn12)c1ccc(F)cc1. The molecule has 0 saturated carbocycles. The zero-order chi connectivity index (χ0) is 17.1. The Morgan fingerprint density at radius 2 is 1.96 bits per heavy atom. The minimum absolute atomic E-state index is 0.239. The van der Waals surface area contributed by atoms with Crippen molar-refractivity contribution in [3.8, 4) is 0 Å². The number of fused-ring (bicyclic) bond motifs is 1. The van der Waals surface area contributed by atoms with Gasteiger partial charge in [-0.25, -0.2) is 4.39 Å². The molecule has 3 aromatic rings. The number of nitrogens with zero attached hydrogens (tertiary/aromatic N) is 3. The second-order valence-electron chi connectivity index (χ2n) is 5.55. The van der Waals surface area contributed by atoms with Crippen LogP contribution in [0.15, 0.2) is 54.7 Å². The molecule has 0 aliphatic rings. The molecule has 1 atom stereocenters. The fourth-order valence-electron chi connectivity index (χ4n) is 2.47. The van der Waals surface area contributed by atoms with Gasteiger partial charge < -0.3 is 5.32 Å². The molecule has 6 heteroatoms. The van der Waals surface area contributed by atoms with Gasteiger partial charge in [-0.2, -0.15) is 0 Å². The van der Waals surface area contributed by atoms with Crippen LogP contribution in [0.25, 0.3) is 11.2 Å². The first-order valence-corrected chi connectivity index (χ1v) is 7.59. The van der Waals surface area contributed by atoms with Gasteiger partial charge in [0.25, 0.3) is 0 Å². The van der Waals surface area contributed by atoms with E-state index in [4.69, 9.17) is 0 Å². The van der Waals surface area contributed by atoms with Crippen LogP contribution in [0.3, 0.4) is 0 Å². The predicted molar refractivity (Wildman–Crippen MR) is 89.6 cm³/mol. The summed E-state index contributed by atoms with van der Waals surface area (Å²) in [7, 11) is 0. The smallest absolute Gasteiger partial charge is 0.244 e. The van der Waals surface area contributed by atoms with Crippen molar-refractivity contribution in [1.82, 2.24) is 19.9 Å². The van der Waals surface area contributed by atoms with E-state index in [0.29, 0.717) is 5.82 Å². The molecule has 0 aliphatic carbocycles. The summed E-state index contributed by atoms with van der Waals surface area (Å²) in [6, 6.07) is 11.3. The van der Waals surface area contributed by atoms with Crippen molar-refractivity contribution < 1.29 is 9.18 Å². The number of pyridine rings is 1. The maximum Gasteiger partial charge on any atom is 0.244 e. The Balaban J connectivity index is 1.74. The molecule has 2 heterocycles. The van der Waals surface area contributed by atoms with Gasteiger partial charge >= 0.3 is 0 Å². The minimum Gasteiger partial charge on any atom is -0.343 e. The third-order valence-electron chi connectivity index (χ3n) is 3.73. The molecule has 0 aliphatic heterocycles. The van der Waals surface area contributed by atoms with Crippen LogP contribution in [0.2, 0.25) is 0 Å². The molecule has 1 aromatic carbocycles. The van der Waals surface area contributed by atoms with Crippen LogP contribution in [-0.2, 0) is 4.79 Å². The molecule has 1 amide bonds. The summed E-state index contributed by atoms with van der Waals surface area (Å²) < 4.78 is 14.8. The number of carbonyl (C=O) groups excluding carboxylic acids is 1. The molecule has 0 bridgehead atoms. The molecule has 0 spiro atoms. The summed E-state index contributed by atoms with van der Waals surface area (Å²) in [5.74, 6) is 0.118. The molecule has 5 nitrogen and oxygen atoms in total. The van der Waals surface area contributed by atoms with E-state index in [-0.39, 0.29) is 17.8 Å². The Labute approximate surface area is 138 Å². The quantitative estimate of drug-likeness (QED) is 0.750. The Hall–Kier alpha value is -3.02. The van der Waals surface area contributed by atoms with Gasteiger partial charge in [0.15, 0.2) is 11.5 Å². The average molecular weight is 324 g/mol. The Morgan fingerprint density at radius 3 is 2.71 bits per heavy atom. The zero-order valence-electron chi connectivity index (χ0n) is 13.4. The lowest BCUT2D eigenvalue weighted by atomic mass is 10.1. The van der Waals surface area contributed by atoms with E-state index < -0.39 is 0 Å². The number of amides is 1. The summed E-state index contributed by atoms with van der Waals surface area (Å²) in [5, 5.41) is 11.1. The van der Waals surface area contributed by atoms with E-state index in [1.54, 1.807) is 12.1 Å². The fraction of sp³-hybridized carbons (Fsp3) is 0.167. The number of carbonyl (C=O) groups is 1. The molecule has 1 unspecified atom stereocenters. The molecule has 3 rings (SSSR count). The maximum absolute atomic E-state index is 13.0. The topological polar surface area (TPSA) is 59.3 Å². The van der Waals surface area contributed by atoms with Gasteiger partial charge in [-0.1, -0.05) is 18.2 Å². The van der Waals surface area contributed by atoms with Crippen molar-refractivity contribution in [2.45, 2.75) is 19.9 Å². The number of hydrogen-bond donors (Lipinski definition) is 1. The molecule has 1 N–H and O–H groups in total.